The van der Waals surface area contributed by atoms with Crippen molar-refractivity contribution in [3.63, 3.8) is 0 Å². The molecule has 1 aromatic rings. The average molecular weight is 340 g/mol. The molecule has 0 amide bonds. The van der Waals surface area contributed by atoms with Crippen LogP contribution >= 0.6 is 0 Å². The molecule has 1 aliphatic rings. The molecule has 1 aromatic carbocycles. The second-order valence-electron chi connectivity index (χ2n) is 6.63. The van der Waals surface area contributed by atoms with Crippen molar-refractivity contribution >= 4 is 10.0 Å². The third-order valence-electron chi connectivity index (χ3n) is 4.67. The third-order valence-corrected chi connectivity index (χ3v) is 5.40. The minimum atomic E-state index is -3.09. The van der Waals surface area contributed by atoms with Crippen LogP contribution in [0.15, 0.2) is 30.3 Å². The lowest BCUT2D eigenvalue weighted by atomic mass is 9.96. The first-order valence-corrected chi connectivity index (χ1v) is 10.2. The number of piperidine rings is 1. The van der Waals surface area contributed by atoms with Crippen LogP contribution in [0.3, 0.4) is 0 Å². The molecule has 6 heteroatoms. The number of hydrogen-bond donors (Lipinski definition) is 1. The van der Waals surface area contributed by atoms with Crippen molar-refractivity contribution in [2.24, 2.45) is 0 Å². The summed E-state index contributed by atoms with van der Waals surface area (Å²) in [5.41, 5.74) is 1.36. The van der Waals surface area contributed by atoms with Crippen LogP contribution in [0, 0.1) is 0 Å². The first-order chi connectivity index (χ1) is 10.8. The van der Waals surface area contributed by atoms with Crippen LogP contribution in [-0.4, -0.2) is 63.2 Å². The molecule has 0 aromatic heterocycles. The van der Waals surface area contributed by atoms with E-state index < -0.39 is 10.0 Å². The predicted octanol–water partition coefficient (Wildman–Crippen LogP) is 1.52. The number of nitrogens with zero attached hydrogens (tertiary/aromatic N) is 2. The number of likely N-dealkylation sites (N-methyl/N-ethyl adjacent to an activating group) is 1. The molecule has 0 spiro atoms. The lowest BCUT2D eigenvalue weighted by Crippen LogP contribution is -2.48. The highest BCUT2D eigenvalue weighted by atomic mass is 32.2. The van der Waals surface area contributed by atoms with E-state index in [-0.39, 0.29) is 0 Å². The Morgan fingerprint density at radius 1 is 1.30 bits per heavy atom. The Labute approximate surface area is 140 Å². The van der Waals surface area contributed by atoms with Crippen molar-refractivity contribution in [3.05, 3.63) is 35.9 Å². The first-order valence-electron chi connectivity index (χ1n) is 8.28. The van der Waals surface area contributed by atoms with E-state index >= 15 is 0 Å². The van der Waals surface area contributed by atoms with E-state index in [1.54, 1.807) is 0 Å². The second-order valence-corrected chi connectivity index (χ2v) is 8.46. The molecule has 2 atom stereocenters. The highest BCUT2D eigenvalue weighted by molar-refractivity contribution is 7.88. The van der Waals surface area contributed by atoms with E-state index in [1.807, 2.05) is 0 Å². The molecule has 1 N–H and O–H groups in total. The van der Waals surface area contributed by atoms with Crippen molar-refractivity contribution < 1.29 is 8.42 Å². The van der Waals surface area contributed by atoms with Crippen molar-refractivity contribution in [2.45, 2.75) is 38.4 Å². The van der Waals surface area contributed by atoms with Gasteiger partial charge in [-0.1, -0.05) is 30.3 Å². The molecule has 130 valence electrons. The molecule has 23 heavy (non-hydrogen) atoms. The van der Waals surface area contributed by atoms with Gasteiger partial charge in [-0.05, 0) is 32.4 Å². The zero-order valence-electron chi connectivity index (χ0n) is 14.4. The third kappa shape index (κ3) is 6.22. The van der Waals surface area contributed by atoms with Gasteiger partial charge in [0.15, 0.2) is 0 Å². The van der Waals surface area contributed by atoms with Crippen molar-refractivity contribution in [2.75, 3.05) is 32.9 Å². The van der Waals surface area contributed by atoms with Gasteiger partial charge < -0.3 is 4.90 Å². The molecule has 0 radical (unpaired) electrons. The van der Waals surface area contributed by atoms with Gasteiger partial charge in [0.2, 0.25) is 10.0 Å². The van der Waals surface area contributed by atoms with Crippen LogP contribution in [0.5, 0.6) is 0 Å². The SMILES string of the molecule is C[C@@H]1C[C@@H](N(C)CCNS(C)(=O)=O)CCN1Cc1ccccc1. The van der Waals surface area contributed by atoms with E-state index in [0.717, 1.165) is 32.5 Å². The summed E-state index contributed by atoms with van der Waals surface area (Å²) in [6.45, 7) is 5.62. The standard InChI is InChI=1S/C17H29N3O2S/c1-15-13-17(19(2)12-10-18-23(3,21)22)9-11-20(15)14-16-7-5-4-6-8-16/h4-8,15,17-18H,9-14H2,1-3H3/t15-,17+/m1/s1. The van der Waals surface area contributed by atoms with Crippen LogP contribution in [-0.2, 0) is 16.6 Å². The van der Waals surface area contributed by atoms with Gasteiger partial charge >= 0.3 is 0 Å². The summed E-state index contributed by atoms with van der Waals surface area (Å²) < 4.78 is 24.8. The van der Waals surface area contributed by atoms with Crippen LogP contribution in [0.4, 0.5) is 0 Å². The van der Waals surface area contributed by atoms with Gasteiger partial charge in [0.25, 0.3) is 0 Å². The smallest absolute Gasteiger partial charge is 0.208 e. The van der Waals surface area contributed by atoms with E-state index in [0.29, 0.717) is 18.6 Å². The lowest BCUT2D eigenvalue weighted by Gasteiger charge is -2.41. The number of likely N-dealkylation sites (tertiary alicyclic amines) is 1. The highest BCUT2D eigenvalue weighted by Crippen LogP contribution is 2.22. The van der Waals surface area contributed by atoms with Crippen LogP contribution < -0.4 is 4.72 Å². The maximum Gasteiger partial charge on any atom is 0.208 e. The molecular formula is C17H29N3O2S. The fraction of sp³-hybridized carbons (Fsp3) is 0.647. The van der Waals surface area contributed by atoms with Gasteiger partial charge in [-0.25, -0.2) is 13.1 Å². The van der Waals surface area contributed by atoms with Crippen molar-refractivity contribution in [3.8, 4) is 0 Å². The van der Waals surface area contributed by atoms with E-state index in [1.165, 1.54) is 11.8 Å². The summed E-state index contributed by atoms with van der Waals surface area (Å²) in [4.78, 5) is 4.82. The number of benzene rings is 1. The largest absolute Gasteiger partial charge is 0.302 e. The molecule has 1 fully saturated rings. The van der Waals surface area contributed by atoms with Crippen molar-refractivity contribution in [1.82, 2.24) is 14.5 Å². The molecule has 1 saturated heterocycles. The molecule has 0 aliphatic carbocycles. The lowest BCUT2D eigenvalue weighted by molar-refractivity contribution is 0.0814. The Hall–Kier alpha value is -0.950. The first kappa shape index (κ1) is 18.4. The summed E-state index contributed by atoms with van der Waals surface area (Å²) in [5.74, 6) is 0. The van der Waals surface area contributed by atoms with Crippen LogP contribution in [0.25, 0.3) is 0 Å². The second kappa shape index (κ2) is 8.24. The summed E-state index contributed by atoms with van der Waals surface area (Å²) in [6.07, 6.45) is 3.46. The normalized spacial score (nSPS) is 23.3. The summed E-state index contributed by atoms with van der Waals surface area (Å²) in [7, 11) is -0.998. The number of nitrogens with one attached hydrogen (secondary N) is 1. The zero-order chi connectivity index (χ0) is 16.9. The molecule has 2 rings (SSSR count). The van der Waals surface area contributed by atoms with E-state index in [4.69, 9.17) is 0 Å². The maximum absolute atomic E-state index is 11.1. The fourth-order valence-electron chi connectivity index (χ4n) is 3.24. The maximum atomic E-state index is 11.1. The highest BCUT2D eigenvalue weighted by Gasteiger charge is 2.27. The van der Waals surface area contributed by atoms with Gasteiger partial charge in [-0.2, -0.15) is 0 Å². The molecular weight excluding hydrogens is 310 g/mol. The molecule has 0 unspecified atom stereocenters. The molecule has 5 nitrogen and oxygen atoms in total. The van der Waals surface area contributed by atoms with Gasteiger partial charge in [-0.3, -0.25) is 4.90 Å². The summed E-state index contributed by atoms with van der Waals surface area (Å²) in [6, 6.07) is 11.7. The average Bonchev–Trinajstić information content (AvgIpc) is 2.49. The minimum absolute atomic E-state index is 0.480. The number of hydrogen-bond acceptors (Lipinski definition) is 4. The van der Waals surface area contributed by atoms with Gasteiger partial charge in [0.1, 0.15) is 0 Å². The Bertz CT molecular complexity index is 577. The van der Waals surface area contributed by atoms with Gasteiger partial charge in [-0.15, -0.1) is 0 Å². The summed E-state index contributed by atoms with van der Waals surface area (Å²) in [5, 5.41) is 0. The monoisotopic (exact) mass is 339 g/mol. The number of sulfonamides is 1. The fourth-order valence-corrected chi connectivity index (χ4v) is 3.70. The minimum Gasteiger partial charge on any atom is -0.302 e. The Morgan fingerprint density at radius 2 is 2.00 bits per heavy atom. The van der Waals surface area contributed by atoms with Gasteiger partial charge in [0, 0.05) is 38.3 Å². The quantitative estimate of drug-likeness (QED) is 0.818. The van der Waals surface area contributed by atoms with E-state index in [2.05, 4.69) is 58.8 Å². The molecule has 0 bridgehead atoms. The number of rotatable bonds is 7. The summed E-state index contributed by atoms with van der Waals surface area (Å²) >= 11 is 0. The van der Waals surface area contributed by atoms with Gasteiger partial charge in [0.05, 0.1) is 6.26 Å². The van der Waals surface area contributed by atoms with Crippen LogP contribution in [0.1, 0.15) is 25.3 Å². The zero-order valence-corrected chi connectivity index (χ0v) is 15.2. The van der Waals surface area contributed by atoms with E-state index in [9.17, 15) is 8.42 Å². The predicted molar refractivity (Wildman–Crippen MR) is 94.8 cm³/mol. The Morgan fingerprint density at radius 3 is 2.61 bits per heavy atom. The molecule has 1 aliphatic heterocycles. The van der Waals surface area contributed by atoms with Crippen LogP contribution in [0.2, 0.25) is 0 Å². The Kier molecular flexibility index (Phi) is 6.59. The molecule has 1 heterocycles. The topological polar surface area (TPSA) is 52.7 Å². The molecule has 0 saturated carbocycles. The Balaban J connectivity index is 1.78. The van der Waals surface area contributed by atoms with Crippen molar-refractivity contribution in [1.29, 1.82) is 0 Å².